The number of rotatable bonds is 6. The number of hydrogen-bond acceptors (Lipinski definition) is 7. The summed E-state index contributed by atoms with van der Waals surface area (Å²) in [6, 6.07) is 0. The summed E-state index contributed by atoms with van der Waals surface area (Å²) < 4.78 is 0. The number of aromatic nitrogens is 3. The molecule has 3 N–H and O–H groups in total. The van der Waals surface area contributed by atoms with E-state index in [9.17, 15) is 4.79 Å². The van der Waals surface area contributed by atoms with E-state index in [-0.39, 0.29) is 18.3 Å². The van der Waals surface area contributed by atoms with Gasteiger partial charge in [-0.05, 0) is 12.5 Å². The Hall–Kier alpha value is -1.09. The van der Waals surface area contributed by atoms with Gasteiger partial charge in [0.1, 0.15) is 10.7 Å². The number of nitrogens with two attached hydrogens (primary N) is 1. The molecule has 0 saturated carbocycles. The number of thiazole rings is 1. The minimum atomic E-state index is -0.253. The highest BCUT2D eigenvalue weighted by atomic mass is 35.5. The van der Waals surface area contributed by atoms with Crippen molar-refractivity contribution in [3.8, 4) is 0 Å². The number of carbonyl (C=O) groups excluding carboxylic acids is 1. The first-order valence-electron chi connectivity index (χ1n) is 6.36. The highest BCUT2D eigenvalue weighted by Crippen LogP contribution is 2.19. The van der Waals surface area contributed by atoms with Gasteiger partial charge in [0.2, 0.25) is 5.13 Å². The van der Waals surface area contributed by atoms with E-state index in [4.69, 9.17) is 5.73 Å². The van der Waals surface area contributed by atoms with E-state index in [1.807, 2.05) is 0 Å². The van der Waals surface area contributed by atoms with Crippen LogP contribution in [0.25, 0.3) is 0 Å². The van der Waals surface area contributed by atoms with Crippen molar-refractivity contribution in [3.63, 3.8) is 0 Å². The third-order valence-corrected chi connectivity index (χ3v) is 4.18. The number of nitrogens with zero attached hydrogens (tertiary/aromatic N) is 3. The van der Waals surface area contributed by atoms with Gasteiger partial charge in [-0.1, -0.05) is 25.2 Å². The molecule has 0 aliphatic rings. The highest BCUT2D eigenvalue weighted by molar-refractivity contribution is 7.15. The number of amides is 1. The third-order valence-electron chi connectivity index (χ3n) is 2.41. The van der Waals surface area contributed by atoms with Gasteiger partial charge in [-0.2, -0.15) is 0 Å². The fourth-order valence-corrected chi connectivity index (χ4v) is 3.29. The summed E-state index contributed by atoms with van der Waals surface area (Å²) in [5.41, 5.74) is 5.86. The minimum Gasteiger partial charge on any atom is -0.330 e. The Morgan fingerprint density at radius 3 is 2.81 bits per heavy atom. The SMILES string of the molecule is CC(C)Cc1nnc(NC(=O)c2csc(CCN)n2)s1.Cl. The predicted octanol–water partition coefficient (Wildman–Crippen LogP) is 2.37. The lowest BCUT2D eigenvalue weighted by Gasteiger charge is -1.98. The fourth-order valence-electron chi connectivity index (χ4n) is 1.55. The summed E-state index contributed by atoms with van der Waals surface area (Å²) in [7, 11) is 0. The van der Waals surface area contributed by atoms with E-state index in [2.05, 4.69) is 34.3 Å². The molecule has 0 unspecified atom stereocenters. The number of halogens is 1. The van der Waals surface area contributed by atoms with Crippen LogP contribution in [0.5, 0.6) is 0 Å². The topological polar surface area (TPSA) is 93.8 Å². The maximum absolute atomic E-state index is 12.0. The zero-order chi connectivity index (χ0) is 14.5. The van der Waals surface area contributed by atoms with Crippen LogP contribution < -0.4 is 11.1 Å². The van der Waals surface area contributed by atoms with Crippen molar-refractivity contribution in [1.82, 2.24) is 15.2 Å². The van der Waals surface area contributed by atoms with E-state index >= 15 is 0 Å². The van der Waals surface area contributed by atoms with Crippen LogP contribution in [0.3, 0.4) is 0 Å². The van der Waals surface area contributed by atoms with Gasteiger partial charge in [-0.15, -0.1) is 33.9 Å². The molecule has 116 valence electrons. The molecule has 0 spiro atoms. The molecule has 2 heterocycles. The molecule has 21 heavy (non-hydrogen) atoms. The van der Waals surface area contributed by atoms with E-state index in [0.717, 1.165) is 16.4 Å². The van der Waals surface area contributed by atoms with Crippen LogP contribution in [0.1, 0.15) is 34.4 Å². The van der Waals surface area contributed by atoms with E-state index in [1.165, 1.54) is 22.7 Å². The Morgan fingerprint density at radius 1 is 1.38 bits per heavy atom. The first kappa shape index (κ1) is 18.0. The normalized spacial score (nSPS) is 10.5. The van der Waals surface area contributed by atoms with Gasteiger partial charge in [-0.3, -0.25) is 10.1 Å². The molecule has 1 amide bonds. The van der Waals surface area contributed by atoms with Crippen molar-refractivity contribution in [3.05, 3.63) is 21.1 Å². The van der Waals surface area contributed by atoms with E-state index < -0.39 is 0 Å². The zero-order valence-corrected chi connectivity index (χ0v) is 14.3. The molecule has 0 aromatic carbocycles. The number of anilines is 1. The molecule has 2 rings (SSSR count). The van der Waals surface area contributed by atoms with Gasteiger partial charge in [-0.25, -0.2) is 4.98 Å². The number of carbonyl (C=O) groups is 1. The quantitative estimate of drug-likeness (QED) is 0.836. The second kappa shape index (κ2) is 8.38. The molecule has 2 aromatic heterocycles. The summed E-state index contributed by atoms with van der Waals surface area (Å²) in [4.78, 5) is 16.2. The van der Waals surface area contributed by atoms with Gasteiger partial charge in [0.15, 0.2) is 0 Å². The standard InChI is InChI=1S/C12H17N5OS2.ClH/c1-7(2)5-10-16-17-12(20-10)15-11(18)8-6-19-9(14-8)3-4-13;/h6-7H,3-5,13H2,1-2H3,(H,15,17,18);1H. The molecule has 0 aliphatic carbocycles. The van der Waals surface area contributed by atoms with E-state index in [0.29, 0.717) is 29.7 Å². The predicted molar refractivity (Wildman–Crippen MR) is 88.5 cm³/mol. The lowest BCUT2D eigenvalue weighted by molar-refractivity contribution is 0.102. The van der Waals surface area contributed by atoms with Crippen molar-refractivity contribution >= 4 is 46.1 Å². The Kier molecular flexibility index (Phi) is 7.16. The molecule has 0 saturated heterocycles. The van der Waals surface area contributed by atoms with Crippen molar-refractivity contribution in [2.24, 2.45) is 11.7 Å². The molecule has 2 aromatic rings. The van der Waals surface area contributed by atoms with Gasteiger partial charge in [0.05, 0.1) is 5.01 Å². The summed E-state index contributed by atoms with van der Waals surface area (Å²) in [5.74, 6) is 0.264. The van der Waals surface area contributed by atoms with Crippen LogP contribution >= 0.6 is 35.1 Å². The van der Waals surface area contributed by atoms with Crippen LogP contribution in [0.4, 0.5) is 5.13 Å². The van der Waals surface area contributed by atoms with Gasteiger partial charge >= 0.3 is 0 Å². The molecule has 0 atom stereocenters. The van der Waals surface area contributed by atoms with Gasteiger partial charge in [0.25, 0.3) is 5.91 Å². The molecule has 6 nitrogen and oxygen atoms in total. The largest absolute Gasteiger partial charge is 0.330 e. The Morgan fingerprint density at radius 2 is 2.14 bits per heavy atom. The lowest BCUT2D eigenvalue weighted by Crippen LogP contribution is -2.12. The third kappa shape index (κ3) is 5.31. The Balaban J connectivity index is 0.00000220. The molecule has 9 heteroatoms. The van der Waals surface area contributed by atoms with E-state index in [1.54, 1.807) is 5.38 Å². The average molecular weight is 348 g/mol. The van der Waals surface area contributed by atoms with Crippen LogP contribution in [-0.2, 0) is 12.8 Å². The summed E-state index contributed by atoms with van der Waals surface area (Å²) >= 11 is 2.84. The maximum atomic E-state index is 12.0. The summed E-state index contributed by atoms with van der Waals surface area (Å²) in [5, 5.41) is 14.8. The van der Waals surface area contributed by atoms with Crippen LogP contribution in [0.2, 0.25) is 0 Å². The van der Waals surface area contributed by atoms with Crippen molar-refractivity contribution < 1.29 is 4.79 Å². The van der Waals surface area contributed by atoms with Crippen LogP contribution in [0, 0.1) is 5.92 Å². The van der Waals surface area contributed by atoms with Crippen molar-refractivity contribution in [2.45, 2.75) is 26.7 Å². The summed E-state index contributed by atoms with van der Waals surface area (Å²) in [6.45, 7) is 4.77. The smallest absolute Gasteiger partial charge is 0.276 e. The molecule has 0 aliphatic heterocycles. The van der Waals surface area contributed by atoms with Gasteiger partial charge < -0.3 is 5.73 Å². The molecule has 0 bridgehead atoms. The van der Waals surface area contributed by atoms with Crippen LogP contribution in [0.15, 0.2) is 5.38 Å². The molecular formula is C12H18ClN5OS2. The molecular weight excluding hydrogens is 330 g/mol. The number of nitrogens with one attached hydrogen (secondary N) is 1. The molecule has 0 radical (unpaired) electrons. The minimum absolute atomic E-state index is 0. The first-order chi connectivity index (χ1) is 9.58. The lowest BCUT2D eigenvalue weighted by atomic mass is 10.1. The first-order valence-corrected chi connectivity index (χ1v) is 8.06. The van der Waals surface area contributed by atoms with Crippen molar-refractivity contribution in [1.29, 1.82) is 0 Å². The van der Waals surface area contributed by atoms with Crippen LogP contribution in [-0.4, -0.2) is 27.6 Å². The highest BCUT2D eigenvalue weighted by Gasteiger charge is 2.13. The zero-order valence-electron chi connectivity index (χ0n) is 11.8. The Labute approximate surface area is 137 Å². The average Bonchev–Trinajstić information content (AvgIpc) is 2.99. The summed E-state index contributed by atoms with van der Waals surface area (Å²) in [6.07, 6.45) is 1.56. The second-order valence-electron chi connectivity index (χ2n) is 4.72. The number of hydrogen-bond donors (Lipinski definition) is 2. The fraction of sp³-hybridized carbons (Fsp3) is 0.500. The second-order valence-corrected chi connectivity index (χ2v) is 6.72. The Bertz CT molecular complexity index is 584. The van der Waals surface area contributed by atoms with Crippen molar-refractivity contribution in [2.75, 3.05) is 11.9 Å². The maximum Gasteiger partial charge on any atom is 0.276 e. The monoisotopic (exact) mass is 347 g/mol. The van der Waals surface area contributed by atoms with Gasteiger partial charge in [0, 0.05) is 18.2 Å². The molecule has 0 fully saturated rings.